The highest BCUT2D eigenvalue weighted by Gasteiger charge is 2.14. The van der Waals surface area contributed by atoms with Crippen molar-refractivity contribution in [3.05, 3.63) is 34.9 Å². The van der Waals surface area contributed by atoms with Crippen LogP contribution in [0.2, 0.25) is 5.02 Å². The summed E-state index contributed by atoms with van der Waals surface area (Å²) in [5, 5.41) is 3.48. The number of carbonyl (C=O) groups is 1. The summed E-state index contributed by atoms with van der Waals surface area (Å²) in [6.07, 6.45) is 3.28. The molecule has 0 bridgehead atoms. The third kappa shape index (κ3) is 5.12. The summed E-state index contributed by atoms with van der Waals surface area (Å²) in [4.78, 5) is 11.8. The van der Waals surface area contributed by atoms with Crippen molar-refractivity contribution in [1.29, 1.82) is 0 Å². The summed E-state index contributed by atoms with van der Waals surface area (Å²) in [6.45, 7) is 2.75. The SMILES string of the molecule is O=C(NCCCOCC1CCCO1)c1ccc(Cl)cc1. The van der Waals surface area contributed by atoms with E-state index in [1.165, 1.54) is 0 Å². The molecule has 0 aromatic heterocycles. The van der Waals surface area contributed by atoms with Crippen LogP contribution in [0.4, 0.5) is 0 Å². The van der Waals surface area contributed by atoms with Crippen LogP contribution in [0.3, 0.4) is 0 Å². The maximum atomic E-state index is 11.8. The molecule has 2 rings (SSSR count). The van der Waals surface area contributed by atoms with Gasteiger partial charge in [0.1, 0.15) is 0 Å². The van der Waals surface area contributed by atoms with Crippen molar-refractivity contribution in [3.63, 3.8) is 0 Å². The van der Waals surface area contributed by atoms with E-state index in [1.54, 1.807) is 24.3 Å². The number of hydrogen-bond acceptors (Lipinski definition) is 3. The molecule has 0 aliphatic carbocycles. The quantitative estimate of drug-likeness (QED) is 0.787. The van der Waals surface area contributed by atoms with Gasteiger partial charge in [-0.2, -0.15) is 0 Å². The van der Waals surface area contributed by atoms with Gasteiger partial charge in [0.05, 0.1) is 12.7 Å². The second kappa shape index (κ2) is 8.25. The third-order valence-electron chi connectivity index (χ3n) is 3.19. The molecule has 1 aromatic carbocycles. The van der Waals surface area contributed by atoms with E-state index in [-0.39, 0.29) is 12.0 Å². The second-order valence-electron chi connectivity index (χ2n) is 4.83. The van der Waals surface area contributed by atoms with Crippen molar-refractivity contribution in [2.45, 2.75) is 25.4 Å². The van der Waals surface area contributed by atoms with Crippen LogP contribution in [0.15, 0.2) is 24.3 Å². The van der Waals surface area contributed by atoms with E-state index in [1.807, 2.05) is 0 Å². The zero-order chi connectivity index (χ0) is 14.2. The van der Waals surface area contributed by atoms with E-state index in [0.29, 0.717) is 30.3 Å². The largest absolute Gasteiger partial charge is 0.379 e. The number of halogens is 1. The Hall–Kier alpha value is -1.10. The lowest BCUT2D eigenvalue weighted by atomic mass is 10.2. The Morgan fingerprint density at radius 2 is 2.20 bits per heavy atom. The molecule has 1 aliphatic rings. The summed E-state index contributed by atoms with van der Waals surface area (Å²) in [5.74, 6) is -0.0826. The van der Waals surface area contributed by atoms with Gasteiger partial charge in [-0.1, -0.05) is 11.6 Å². The number of carbonyl (C=O) groups excluding carboxylic acids is 1. The Bertz CT molecular complexity index is 416. The molecule has 20 heavy (non-hydrogen) atoms. The molecule has 1 aliphatic heterocycles. The van der Waals surface area contributed by atoms with Crippen LogP contribution in [0, 0.1) is 0 Å². The van der Waals surface area contributed by atoms with E-state index in [9.17, 15) is 4.79 Å². The van der Waals surface area contributed by atoms with Gasteiger partial charge >= 0.3 is 0 Å². The Kier molecular flexibility index (Phi) is 6.30. The zero-order valence-electron chi connectivity index (χ0n) is 11.4. The maximum Gasteiger partial charge on any atom is 0.251 e. The molecule has 1 unspecified atom stereocenters. The molecule has 1 heterocycles. The molecule has 1 atom stereocenters. The molecule has 1 N–H and O–H groups in total. The minimum Gasteiger partial charge on any atom is -0.379 e. The van der Waals surface area contributed by atoms with Crippen LogP contribution in [0.1, 0.15) is 29.6 Å². The number of amides is 1. The Morgan fingerprint density at radius 3 is 2.90 bits per heavy atom. The monoisotopic (exact) mass is 297 g/mol. The molecule has 5 heteroatoms. The summed E-state index contributed by atoms with van der Waals surface area (Å²) >= 11 is 5.77. The fourth-order valence-corrected chi connectivity index (χ4v) is 2.20. The van der Waals surface area contributed by atoms with Crippen LogP contribution in [-0.2, 0) is 9.47 Å². The summed E-state index contributed by atoms with van der Waals surface area (Å²) in [5.41, 5.74) is 0.620. The molecule has 0 spiro atoms. The minimum absolute atomic E-state index is 0.0826. The lowest BCUT2D eigenvalue weighted by Gasteiger charge is -2.10. The van der Waals surface area contributed by atoms with Gasteiger partial charge in [0, 0.05) is 30.3 Å². The molecule has 1 aromatic rings. The number of ether oxygens (including phenoxy) is 2. The minimum atomic E-state index is -0.0826. The predicted octanol–water partition coefficient (Wildman–Crippen LogP) is 2.66. The van der Waals surface area contributed by atoms with Gasteiger partial charge in [-0.25, -0.2) is 0 Å². The highest BCUT2D eigenvalue weighted by molar-refractivity contribution is 6.30. The third-order valence-corrected chi connectivity index (χ3v) is 3.44. The van der Waals surface area contributed by atoms with Gasteiger partial charge in [-0.3, -0.25) is 4.79 Å². The first-order valence-corrected chi connectivity index (χ1v) is 7.36. The first-order chi connectivity index (χ1) is 9.75. The van der Waals surface area contributed by atoms with E-state index < -0.39 is 0 Å². The topological polar surface area (TPSA) is 47.6 Å². The summed E-state index contributed by atoms with van der Waals surface area (Å²) in [6, 6.07) is 6.85. The molecular weight excluding hydrogens is 278 g/mol. The summed E-state index contributed by atoms with van der Waals surface area (Å²) in [7, 11) is 0. The van der Waals surface area contributed by atoms with Crippen molar-refractivity contribution >= 4 is 17.5 Å². The van der Waals surface area contributed by atoms with Crippen LogP contribution in [0.25, 0.3) is 0 Å². The smallest absolute Gasteiger partial charge is 0.251 e. The molecule has 4 nitrogen and oxygen atoms in total. The second-order valence-corrected chi connectivity index (χ2v) is 5.26. The molecule has 1 fully saturated rings. The van der Waals surface area contributed by atoms with Gasteiger partial charge < -0.3 is 14.8 Å². The summed E-state index contributed by atoms with van der Waals surface area (Å²) < 4.78 is 11.0. The lowest BCUT2D eigenvalue weighted by Crippen LogP contribution is -2.25. The van der Waals surface area contributed by atoms with Crippen LogP contribution >= 0.6 is 11.6 Å². The highest BCUT2D eigenvalue weighted by atomic mass is 35.5. The van der Waals surface area contributed by atoms with Crippen molar-refractivity contribution in [2.75, 3.05) is 26.4 Å². The van der Waals surface area contributed by atoms with E-state index in [2.05, 4.69) is 5.32 Å². The van der Waals surface area contributed by atoms with E-state index in [4.69, 9.17) is 21.1 Å². The Morgan fingerprint density at radius 1 is 1.40 bits per heavy atom. The molecule has 110 valence electrons. The van der Waals surface area contributed by atoms with Gasteiger partial charge in [-0.05, 0) is 43.5 Å². The lowest BCUT2D eigenvalue weighted by molar-refractivity contribution is 0.0166. The Labute approximate surface area is 124 Å². The average Bonchev–Trinajstić information content (AvgIpc) is 2.96. The van der Waals surface area contributed by atoms with Crippen molar-refractivity contribution in [3.8, 4) is 0 Å². The number of rotatable bonds is 7. The van der Waals surface area contributed by atoms with Crippen LogP contribution < -0.4 is 5.32 Å². The molecule has 0 saturated carbocycles. The van der Waals surface area contributed by atoms with Crippen molar-refractivity contribution in [1.82, 2.24) is 5.32 Å². The number of nitrogens with one attached hydrogen (secondary N) is 1. The maximum absolute atomic E-state index is 11.8. The average molecular weight is 298 g/mol. The Balaban J connectivity index is 1.54. The van der Waals surface area contributed by atoms with E-state index in [0.717, 1.165) is 25.9 Å². The first kappa shape index (κ1) is 15.3. The highest BCUT2D eigenvalue weighted by Crippen LogP contribution is 2.12. The van der Waals surface area contributed by atoms with Crippen molar-refractivity contribution in [2.24, 2.45) is 0 Å². The van der Waals surface area contributed by atoms with Crippen LogP contribution in [-0.4, -0.2) is 38.4 Å². The molecule has 0 radical (unpaired) electrons. The number of benzene rings is 1. The van der Waals surface area contributed by atoms with Gasteiger partial charge in [0.25, 0.3) is 5.91 Å². The standard InChI is InChI=1S/C15H20ClNO3/c16-13-6-4-12(5-7-13)15(18)17-8-2-9-19-11-14-3-1-10-20-14/h4-7,14H,1-3,8-11H2,(H,17,18). The zero-order valence-corrected chi connectivity index (χ0v) is 12.2. The normalized spacial score (nSPS) is 18.1. The molecular formula is C15H20ClNO3. The van der Waals surface area contributed by atoms with Gasteiger partial charge in [-0.15, -0.1) is 0 Å². The van der Waals surface area contributed by atoms with Crippen LogP contribution in [0.5, 0.6) is 0 Å². The predicted molar refractivity (Wildman–Crippen MR) is 78.2 cm³/mol. The fraction of sp³-hybridized carbons (Fsp3) is 0.533. The first-order valence-electron chi connectivity index (χ1n) is 6.99. The van der Waals surface area contributed by atoms with Gasteiger partial charge in [0.2, 0.25) is 0 Å². The van der Waals surface area contributed by atoms with Crippen molar-refractivity contribution < 1.29 is 14.3 Å². The van der Waals surface area contributed by atoms with E-state index >= 15 is 0 Å². The molecule has 1 amide bonds. The fourth-order valence-electron chi connectivity index (χ4n) is 2.07. The number of hydrogen-bond donors (Lipinski definition) is 1. The van der Waals surface area contributed by atoms with Gasteiger partial charge in [0.15, 0.2) is 0 Å². The molecule has 1 saturated heterocycles.